The van der Waals surface area contributed by atoms with Crippen LogP contribution in [0.3, 0.4) is 0 Å². The topological polar surface area (TPSA) is 66.5 Å². The summed E-state index contributed by atoms with van der Waals surface area (Å²) >= 11 is 6.03. The van der Waals surface area contributed by atoms with Crippen molar-refractivity contribution in [2.45, 2.75) is 19.9 Å². The predicted molar refractivity (Wildman–Crippen MR) is 98.0 cm³/mol. The average molecular weight is 385 g/mol. The van der Waals surface area contributed by atoms with Crippen LogP contribution in [-0.4, -0.2) is 26.6 Å². The molecular weight excluding hydrogens is 367 g/mol. The van der Waals surface area contributed by atoms with Crippen molar-refractivity contribution in [3.8, 4) is 0 Å². The Labute approximate surface area is 151 Å². The normalized spacial score (nSPS) is 12.5. The van der Waals surface area contributed by atoms with Crippen LogP contribution in [-0.2, 0) is 14.8 Å². The summed E-state index contributed by atoms with van der Waals surface area (Å²) in [7, 11) is -3.81. The van der Waals surface area contributed by atoms with Crippen molar-refractivity contribution in [2.75, 3.05) is 15.9 Å². The van der Waals surface area contributed by atoms with Crippen molar-refractivity contribution in [1.82, 2.24) is 0 Å². The highest BCUT2D eigenvalue weighted by Gasteiger charge is 2.29. The minimum Gasteiger partial charge on any atom is -0.324 e. The van der Waals surface area contributed by atoms with E-state index in [0.29, 0.717) is 10.7 Å². The molecule has 0 aliphatic carbocycles. The van der Waals surface area contributed by atoms with E-state index in [0.717, 1.165) is 22.2 Å². The minimum absolute atomic E-state index is 0.0760. The maximum Gasteiger partial charge on any atom is 0.247 e. The van der Waals surface area contributed by atoms with Gasteiger partial charge in [-0.05, 0) is 49.7 Å². The molecule has 0 aliphatic rings. The standard InChI is InChI=1S/C17H18ClFN2O3S/c1-11-7-8-14(10-16(11)18)20-17(22)12(2)21(25(3,23)24)15-6-4-5-13(19)9-15/h4-10,12H,1-3H3,(H,20,22)/t12-/m0/s1. The van der Waals surface area contributed by atoms with Gasteiger partial charge in [0, 0.05) is 10.7 Å². The molecule has 0 aliphatic heterocycles. The number of nitrogens with zero attached hydrogens (tertiary/aromatic N) is 1. The number of hydrogen-bond donors (Lipinski definition) is 1. The van der Waals surface area contributed by atoms with E-state index in [4.69, 9.17) is 11.6 Å². The van der Waals surface area contributed by atoms with Gasteiger partial charge < -0.3 is 5.32 Å². The Hall–Kier alpha value is -2.12. The quantitative estimate of drug-likeness (QED) is 0.856. The van der Waals surface area contributed by atoms with Crippen LogP contribution in [0.1, 0.15) is 12.5 Å². The van der Waals surface area contributed by atoms with E-state index in [9.17, 15) is 17.6 Å². The summed E-state index contributed by atoms with van der Waals surface area (Å²) in [5.41, 5.74) is 1.37. The van der Waals surface area contributed by atoms with Gasteiger partial charge in [0.15, 0.2) is 0 Å². The van der Waals surface area contributed by atoms with Gasteiger partial charge in [-0.1, -0.05) is 23.7 Å². The van der Waals surface area contributed by atoms with Crippen LogP contribution < -0.4 is 9.62 Å². The Morgan fingerprint density at radius 2 is 1.92 bits per heavy atom. The third-order valence-electron chi connectivity index (χ3n) is 3.59. The first-order chi connectivity index (χ1) is 11.6. The lowest BCUT2D eigenvalue weighted by atomic mass is 10.2. The highest BCUT2D eigenvalue weighted by molar-refractivity contribution is 7.92. The van der Waals surface area contributed by atoms with Gasteiger partial charge in [0.2, 0.25) is 15.9 Å². The number of hydrogen-bond acceptors (Lipinski definition) is 3. The third-order valence-corrected chi connectivity index (χ3v) is 5.24. The zero-order valence-corrected chi connectivity index (χ0v) is 15.5. The first-order valence-corrected chi connectivity index (χ1v) is 9.64. The molecular formula is C17H18ClFN2O3S. The lowest BCUT2D eigenvalue weighted by Gasteiger charge is -2.28. The van der Waals surface area contributed by atoms with E-state index in [-0.39, 0.29) is 5.69 Å². The number of carbonyl (C=O) groups excluding carboxylic acids is 1. The summed E-state index contributed by atoms with van der Waals surface area (Å²) in [6, 6.07) is 8.97. The Bertz CT molecular complexity index is 903. The molecule has 0 unspecified atom stereocenters. The van der Waals surface area contributed by atoms with E-state index in [2.05, 4.69) is 5.32 Å². The second-order valence-electron chi connectivity index (χ2n) is 5.67. The van der Waals surface area contributed by atoms with Crippen molar-refractivity contribution < 1.29 is 17.6 Å². The molecule has 2 aromatic carbocycles. The summed E-state index contributed by atoms with van der Waals surface area (Å²) < 4.78 is 38.6. The first-order valence-electron chi connectivity index (χ1n) is 7.41. The zero-order chi connectivity index (χ0) is 18.8. The molecule has 25 heavy (non-hydrogen) atoms. The number of amides is 1. The van der Waals surface area contributed by atoms with Crippen molar-refractivity contribution >= 4 is 38.9 Å². The molecule has 0 aromatic heterocycles. The summed E-state index contributed by atoms with van der Waals surface area (Å²) in [6.45, 7) is 3.25. The molecule has 5 nitrogen and oxygen atoms in total. The maximum atomic E-state index is 13.5. The molecule has 2 rings (SSSR count). The molecule has 0 fully saturated rings. The minimum atomic E-state index is -3.81. The SMILES string of the molecule is Cc1ccc(NC(=O)[C@H](C)N(c2cccc(F)c2)S(C)(=O)=O)cc1Cl. The number of carbonyl (C=O) groups is 1. The van der Waals surface area contributed by atoms with Crippen molar-refractivity contribution in [3.05, 3.63) is 58.9 Å². The molecule has 1 atom stereocenters. The Morgan fingerprint density at radius 3 is 2.48 bits per heavy atom. The number of benzene rings is 2. The van der Waals surface area contributed by atoms with Crippen LogP contribution in [0, 0.1) is 12.7 Å². The van der Waals surface area contributed by atoms with Crippen molar-refractivity contribution in [1.29, 1.82) is 0 Å². The van der Waals surface area contributed by atoms with Gasteiger partial charge in [0.25, 0.3) is 0 Å². The van der Waals surface area contributed by atoms with Gasteiger partial charge in [-0.15, -0.1) is 0 Å². The molecule has 2 aromatic rings. The number of rotatable bonds is 5. The van der Waals surface area contributed by atoms with E-state index in [1.165, 1.54) is 25.1 Å². The van der Waals surface area contributed by atoms with E-state index in [1.807, 2.05) is 6.92 Å². The molecule has 8 heteroatoms. The second-order valence-corrected chi connectivity index (χ2v) is 7.93. The first kappa shape index (κ1) is 19.2. The fraction of sp³-hybridized carbons (Fsp3) is 0.235. The average Bonchev–Trinajstić information content (AvgIpc) is 2.49. The number of anilines is 2. The van der Waals surface area contributed by atoms with Gasteiger partial charge in [-0.25, -0.2) is 12.8 Å². The number of nitrogens with one attached hydrogen (secondary N) is 1. The molecule has 1 N–H and O–H groups in total. The monoisotopic (exact) mass is 384 g/mol. The second kappa shape index (κ2) is 7.41. The molecule has 1 amide bonds. The van der Waals surface area contributed by atoms with E-state index >= 15 is 0 Å². The van der Waals surface area contributed by atoms with Crippen LogP contribution in [0.4, 0.5) is 15.8 Å². The summed E-state index contributed by atoms with van der Waals surface area (Å²) in [5, 5.41) is 3.11. The van der Waals surface area contributed by atoms with Gasteiger partial charge in [0.1, 0.15) is 11.9 Å². The molecule has 0 saturated carbocycles. The fourth-order valence-corrected chi connectivity index (χ4v) is 3.69. The summed E-state index contributed by atoms with van der Waals surface area (Å²) in [4.78, 5) is 12.5. The Balaban J connectivity index is 2.31. The van der Waals surface area contributed by atoms with Crippen LogP contribution in [0.5, 0.6) is 0 Å². The van der Waals surface area contributed by atoms with Gasteiger partial charge >= 0.3 is 0 Å². The summed E-state index contributed by atoms with van der Waals surface area (Å²) in [6.07, 6.45) is 0.963. The maximum absolute atomic E-state index is 13.5. The molecule has 0 saturated heterocycles. The highest BCUT2D eigenvalue weighted by atomic mass is 35.5. The van der Waals surface area contributed by atoms with E-state index < -0.39 is 27.8 Å². The number of sulfonamides is 1. The largest absolute Gasteiger partial charge is 0.324 e. The van der Waals surface area contributed by atoms with Crippen LogP contribution in [0.15, 0.2) is 42.5 Å². The van der Waals surface area contributed by atoms with Crippen molar-refractivity contribution in [3.63, 3.8) is 0 Å². The lowest BCUT2D eigenvalue weighted by molar-refractivity contribution is -0.116. The molecule has 0 spiro atoms. The fourth-order valence-electron chi connectivity index (χ4n) is 2.34. The Morgan fingerprint density at radius 1 is 1.24 bits per heavy atom. The predicted octanol–water partition coefficient (Wildman–Crippen LogP) is 3.58. The Kier molecular flexibility index (Phi) is 5.69. The molecule has 0 radical (unpaired) electrons. The van der Waals surface area contributed by atoms with E-state index in [1.54, 1.807) is 18.2 Å². The van der Waals surface area contributed by atoms with Crippen molar-refractivity contribution in [2.24, 2.45) is 0 Å². The van der Waals surface area contributed by atoms with Crippen LogP contribution >= 0.6 is 11.6 Å². The third kappa shape index (κ3) is 4.70. The lowest BCUT2D eigenvalue weighted by Crippen LogP contribution is -2.45. The van der Waals surface area contributed by atoms with Gasteiger partial charge in [-0.3, -0.25) is 9.10 Å². The zero-order valence-electron chi connectivity index (χ0n) is 14.0. The van der Waals surface area contributed by atoms with Crippen LogP contribution in [0.25, 0.3) is 0 Å². The summed E-state index contributed by atoms with van der Waals surface area (Å²) in [5.74, 6) is -1.15. The van der Waals surface area contributed by atoms with Crippen LogP contribution in [0.2, 0.25) is 5.02 Å². The molecule has 134 valence electrons. The smallest absolute Gasteiger partial charge is 0.247 e. The number of aryl methyl sites for hydroxylation is 1. The molecule has 0 bridgehead atoms. The number of halogens is 2. The van der Waals surface area contributed by atoms with Gasteiger partial charge in [0.05, 0.1) is 11.9 Å². The molecule has 0 heterocycles. The van der Waals surface area contributed by atoms with Gasteiger partial charge in [-0.2, -0.15) is 0 Å². The highest BCUT2D eigenvalue weighted by Crippen LogP contribution is 2.24.